The summed E-state index contributed by atoms with van der Waals surface area (Å²) in [4.78, 5) is 13.6. The maximum absolute atomic E-state index is 13.3. The van der Waals surface area contributed by atoms with Crippen molar-refractivity contribution in [1.29, 1.82) is 0 Å². The number of carbonyl (C=O) groups is 1. The highest BCUT2D eigenvalue weighted by atomic mass is 32.2. The Kier molecular flexibility index (Phi) is 3.84. The molecule has 2 rings (SSSR count). The molecule has 1 aliphatic heterocycles. The van der Waals surface area contributed by atoms with Crippen molar-refractivity contribution in [2.24, 2.45) is 17.0 Å². The Hall–Kier alpha value is -1.47. The van der Waals surface area contributed by atoms with E-state index in [1.54, 1.807) is 4.90 Å². The quantitative estimate of drug-likeness (QED) is 0.891. The molecule has 0 aromatic heterocycles. The van der Waals surface area contributed by atoms with E-state index in [2.05, 4.69) is 0 Å². The van der Waals surface area contributed by atoms with Crippen LogP contribution in [0.1, 0.15) is 24.2 Å². The standard InChI is InChI=1S/C13H17FN2O3S/c1-8-6-16(7-9(8)2)13(17)11-5-10(14)3-4-12(11)20(15,18)19/h3-5,8-9H,6-7H2,1-2H3,(H2,15,18,19). The van der Waals surface area contributed by atoms with Crippen LogP contribution in [-0.2, 0) is 10.0 Å². The van der Waals surface area contributed by atoms with Gasteiger partial charge in [-0.25, -0.2) is 17.9 Å². The van der Waals surface area contributed by atoms with Crippen molar-refractivity contribution in [3.8, 4) is 0 Å². The maximum atomic E-state index is 13.3. The van der Waals surface area contributed by atoms with E-state index in [-0.39, 0.29) is 10.5 Å². The van der Waals surface area contributed by atoms with Gasteiger partial charge in [0, 0.05) is 13.1 Å². The molecule has 5 nitrogen and oxygen atoms in total. The highest BCUT2D eigenvalue weighted by Crippen LogP contribution is 2.26. The second kappa shape index (κ2) is 5.14. The van der Waals surface area contributed by atoms with Gasteiger partial charge in [-0.1, -0.05) is 13.8 Å². The zero-order valence-electron chi connectivity index (χ0n) is 11.3. The molecule has 1 aromatic rings. The number of primary sulfonamides is 1. The monoisotopic (exact) mass is 300 g/mol. The Morgan fingerprint density at radius 3 is 2.35 bits per heavy atom. The number of hydrogen-bond acceptors (Lipinski definition) is 3. The zero-order valence-corrected chi connectivity index (χ0v) is 12.2. The predicted molar refractivity (Wildman–Crippen MR) is 72.0 cm³/mol. The second-order valence-corrected chi connectivity index (χ2v) is 6.88. The molecule has 1 aromatic carbocycles. The van der Waals surface area contributed by atoms with Gasteiger partial charge in [0.05, 0.1) is 10.5 Å². The normalized spacial score (nSPS) is 23.1. The lowest BCUT2D eigenvalue weighted by Gasteiger charge is -2.17. The van der Waals surface area contributed by atoms with Gasteiger partial charge in [-0.05, 0) is 30.0 Å². The third-order valence-corrected chi connectivity index (χ3v) is 4.72. The van der Waals surface area contributed by atoms with Crippen molar-refractivity contribution in [2.45, 2.75) is 18.7 Å². The van der Waals surface area contributed by atoms with E-state index in [0.717, 1.165) is 18.2 Å². The molecular formula is C13H17FN2O3S. The van der Waals surface area contributed by atoms with Gasteiger partial charge in [0.1, 0.15) is 5.82 Å². The van der Waals surface area contributed by atoms with Crippen LogP contribution < -0.4 is 5.14 Å². The van der Waals surface area contributed by atoms with E-state index in [4.69, 9.17) is 5.14 Å². The summed E-state index contributed by atoms with van der Waals surface area (Å²) >= 11 is 0. The van der Waals surface area contributed by atoms with Crippen LogP contribution in [0.4, 0.5) is 4.39 Å². The summed E-state index contributed by atoms with van der Waals surface area (Å²) in [6.07, 6.45) is 0. The smallest absolute Gasteiger partial charge is 0.255 e. The number of nitrogens with zero attached hydrogens (tertiary/aromatic N) is 1. The number of benzene rings is 1. The number of rotatable bonds is 2. The fourth-order valence-corrected chi connectivity index (χ4v) is 3.09. The summed E-state index contributed by atoms with van der Waals surface area (Å²) in [5, 5.41) is 5.08. The molecule has 0 radical (unpaired) electrons. The molecule has 2 N–H and O–H groups in total. The number of amides is 1. The van der Waals surface area contributed by atoms with E-state index in [1.807, 2.05) is 13.8 Å². The van der Waals surface area contributed by atoms with Crippen LogP contribution in [0.5, 0.6) is 0 Å². The maximum Gasteiger partial charge on any atom is 0.255 e. The number of sulfonamides is 1. The highest BCUT2D eigenvalue weighted by molar-refractivity contribution is 7.89. The molecule has 0 saturated carbocycles. The summed E-state index contributed by atoms with van der Waals surface area (Å²) in [6.45, 7) is 5.09. The first-order valence-electron chi connectivity index (χ1n) is 6.31. The Morgan fingerprint density at radius 1 is 1.30 bits per heavy atom. The van der Waals surface area contributed by atoms with Gasteiger partial charge in [-0.3, -0.25) is 4.79 Å². The molecule has 2 atom stereocenters. The summed E-state index contributed by atoms with van der Waals surface area (Å²) in [6, 6.07) is 2.93. The van der Waals surface area contributed by atoms with Gasteiger partial charge < -0.3 is 4.90 Å². The lowest BCUT2D eigenvalue weighted by Crippen LogP contribution is -2.31. The minimum absolute atomic E-state index is 0.200. The molecule has 1 fully saturated rings. The number of nitrogens with two attached hydrogens (primary N) is 1. The molecule has 1 heterocycles. The third kappa shape index (κ3) is 2.83. The van der Waals surface area contributed by atoms with Gasteiger partial charge in [0.2, 0.25) is 10.0 Å². The summed E-state index contributed by atoms with van der Waals surface area (Å²) < 4.78 is 36.3. The third-order valence-electron chi connectivity index (χ3n) is 3.75. The van der Waals surface area contributed by atoms with Crippen molar-refractivity contribution in [3.05, 3.63) is 29.6 Å². The topological polar surface area (TPSA) is 80.5 Å². The largest absolute Gasteiger partial charge is 0.338 e. The molecule has 7 heteroatoms. The van der Waals surface area contributed by atoms with E-state index < -0.39 is 21.7 Å². The van der Waals surface area contributed by atoms with Crippen molar-refractivity contribution in [2.75, 3.05) is 13.1 Å². The number of carbonyl (C=O) groups excluding carboxylic acids is 1. The molecule has 0 bridgehead atoms. The van der Waals surface area contributed by atoms with Crippen LogP contribution >= 0.6 is 0 Å². The van der Waals surface area contributed by atoms with Crippen LogP contribution in [0.15, 0.2) is 23.1 Å². The minimum Gasteiger partial charge on any atom is -0.338 e. The predicted octanol–water partition coefficient (Wildman–Crippen LogP) is 1.20. The Labute approximate surface area is 117 Å². The summed E-state index contributed by atoms with van der Waals surface area (Å²) in [5.41, 5.74) is -0.200. The molecule has 1 aliphatic rings. The van der Waals surface area contributed by atoms with Crippen molar-refractivity contribution >= 4 is 15.9 Å². The Bertz CT molecular complexity index is 635. The molecule has 1 amide bonds. The van der Waals surface area contributed by atoms with Gasteiger partial charge in [-0.15, -0.1) is 0 Å². The Balaban J connectivity index is 2.42. The number of hydrogen-bond donors (Lipinski definition) is 1. The minimum atomic E-state index is -4.07. The average molecular weight is 300 g/mol. The van der Waals surface area contributed by atoms with Crippen LogP contribution in [0.3, 0.4) is 0 Å². The van der Waals surface area contributed by atoms with Crippen LogP contribution in [0, 0.1) is 17.7 Å². The Morgan fingerprint density at radius 2 is 1.85 bits per heavy atom. The molecule has 110 valence electrons. The fraction of sp³-hybridized carbons (Fsp3) is 0.462. The van der Waals surface area contributed by atoms with Crippen LogP contribution in [-0.4, -0.2) is 32.3 Å². The lowest BCUT2D eigenvalue weighted by atomic mass is 10.0. The van der Waals surface area contributed by atoms with Gasteiger partial charge in [-0.2, -0.15) is 0 Å². The molecule has 2 unspecified atom stereocenters. The fourth-order valence-electron chi connectivity index (χ4n) is 2.38. The number of halogens is 1. The van der Waals surface area contributed by atoms with Crippen LogP contribution in [0.2, 0.25) is 0 Å². The summed E-state index contributed by atoms with van der Waals surface area (Å²) in [7, 11) is -4.07. The first-order valence-corrected chi connectivity index (χ1v) is 7.86. The lowest BCUT2D eigenvalue weighted by molar-refractivity contribution is 0.0780. The van der Waals surface area contributed by atoms with Crippen molar-refractivity contribution < 1.29 is 17.6 Å². The molecule has 1 saturated heterocycles. The molecule has 20 heavy (non-hydrogen) atoms. The average Bonchev–Trinajstić information content (AvgIpc) is 2.67. The zero-order chi connectivity index (χ0) is 15.1. The second-order valence-electron chi connectivity index (χ2n) is 5.35. The summed E-state index contributed by atoms with van der Waals surface area (Å²) in [5.74, 6) is -0.512. The van der Waals surface area contributed by atoms with E-state index in [1.165, 1.54) is 0 Å². The van der Waals surface area contributed by atoms with Gasteiger partial charge in [0.25, 0.3) is 5.91 Å². The highest BCUT2D eigenvalue weighted by Gasteiger charge is 2.32. The van der Waals surface area contributed by atoms with Crippen molar-refractivity contribution in [1.82, 2.24) is 4.90 Å². The van der Waals surface area contributed by atoms with Crippen LogP contribution in [0.25, 0.3) is 0 Å². The molecule has 0 aliphatic carbocycles. The first-order chi connectivity index (χ1) is 9.20. The van der Waals surface area contributed by atoms with Gasteiger partial charge >= 0.3 is 0 Å². The van der Waals surface area contributed by atoms with Crippen molar-refractivity contribution in [3.63, 3.8) is 0 Å². The van der Waals surface area contributed by atoms with Gasteiger partial charge in [0.15, 0.2) is 0 Å². The number of likely N-dealkylation sites (tertiary alicyclic amines) is 1. The van der Waals surface area contributed by atoms with E-state index in [0.29, 0.717) is 24.9 Å². The van der Waals surface area contributed by atoms with E-state index >= 15 is 0 Å². The molecule has 0 spiro atoms. The van der Waals surface area contributed by atoms with E-state index in [9.17, 15) is 17.6 Å². The molecular weight excluding hydrogens is 283 g/mol. The first kappa shape index (κ1) is 14.9. The SMILES string of the molecule is CC1CN(C(=O)c2cc(F)ccc2S(N)(=O)=O)CC1C.